The second-order valence-corrected chi connectivity index (χ2v) is 5.77. The van der Waals surface area contributed by atoms with E-state index >= 15 is 0 Å². The summed E-state index contributed by atoms with van der Waals surface area (Å²) in [6, 6.07) is 10.6. The van der Waals surface area contributed by atoms with Gasteiger partial charge in [-0.1, -0.05) is 24.6 Å². The lowest BCUT2D eigenvalue weighted by Crippen LogP contribution is -2.25. The maximum atomic E-state index is 6.10. The van der Waals surface area contributed by atoms with Gasteiger partial charge in [0.2, 0.25) is 0 Å². The lowest BCUT2D eigenvalue weighted by atomic mass is 10.0. The van der Waals surface area contributed by atoms with Crippen molar-refractivity contribution >= 4 is 10.9 Å². The largest absolute Gasteiger partial charge is 0.491 e. The van der Waals surface area contributed by atoms with E-state index in [1.807, 2.05) is 25.1 Å². The van der Waals surface area contributed by atoms with E-state index in [2.05, 4.69) is 17.1 Å². The van der Waals surface area contributed by atoms with Gasteiger partial charge in [0.15, 0.2) is 0 Å². The molecule has 0 radical (unpaired) electrons. The van der Waals surface area contributed by atoms with E-state index in [9.17, 15) is 0 Å². The third-order valence-electron chi connectivity index (χ3n) is 4.29. The maximum absolute atomic E-state index is 6.10. The molecule has 1 aliphatic carbocycles. The molecular formula is C17H22N2O. The summed E-state index contributed by atoms with van der Waals surface area (Å²) in [5.74, 6) is 1.51. The summed E-state index contributed by atoms with van der Waals surface area (Å²) in [6.45, 7) is 2.74. The van der Waals surface area contributed by atoms with Crippen molar-refractivity contribution < 1.29 is 4.74 Å². The van der Waals surface area contributed by atoms with Crippen molar-refractivity contribution in [3.05, 3.63) is 36.0 Å². The second kappa shape index (κ2) is 5.80. The third kappa shape index (κ3) is 2.78. The number of fused-ring (bicyclic) bond motifs is 1. The molecule has 3 heteroatoms. The smallest absolute Gasteiger partial charge is 0.145 e. The number of pyridine rings is 1. The molecule has 3 nitrogen and oxygen atoms in total. The molecule has 3 rings (SSSR count). The summed E-state index contributed by atoms with van der Waals surface area (Å²) >= 11 is 0. The van der Waals surface area contributed by atoms with Crippen LogP contribution in [0.2, 0.25) is 0 Å². The molecule has 0 bridgehead atoms. The Morgan fingerprint density at radius 2 is 2.15 bits per heavy atom. The zero-order valence-corrected chi connectivity index (χ0v) is 12.0. The third-order valence-corrected chi connectivity index (χ3v) is 4.29. The maximum Gasteiger partial charge on any atom is 0.145 e. The lowest BCUT2D eigenvalue weighted by Gasteiger charge is -2.16. The minimum Gasteiger partial charge on any atom is -0.491 e. The first-order valence-electron chi connectivity index (χ1n) is 7.49. The van der Waals surface area contributed by atoms with Crippen LogP contribution in [0.4, 0.5) is 0 Å². The predicted octanol–water partition coefficient (Wildman–Crippen LogP) is 3.44. The molecular weight excluding hydrogens is 248 g/mol. The topological polar surface area (TPSA) is 48.1 Å². The molecule has 0 saturated heterocycles. The van der Waals surface area contributed by atoms with Crippen molar-refractivity contribution in [2.45, 2.75) is 38.6 Å². The highest BCUT2D eigenvalue weighted by Crippen LogP contribution is 2.28. The molecule has 106 valence electrons. The molecule has 1 aliphatic rings. The lowest BCUT2D eigenvalue weighted by molar-refractivity contribution is 0.273. The van der Waals surface area contributed by atoms with Crippen molar-refractivity contribution in [3.63, 3.8) is 0 Å². The first kappa shape index (κ1) is 13.4. The predicted molar refractivity (Wildman–Crippen MR) is 81.9 cm³/mol. The van der Waals surface area contributed by atoms with Crippen LogP contribution >= 0.6 is 0 Å². The number of ether oxygens (including phenoxy) is 1. The van der Waals surface area contributed by atoms with Crippen LogP contribution in [0.5, 0.6) is 5.75 Å². The zero-order chi connectivity index (χ0) is 13.9. The fourth-order valence-corrected chi connectivity index (χ4v) is 3.08. The molecule has 1 heterocycles. The van der Waals surface area contributed by atoms with Gasteiger partial charge in [-0.05, 0) is 44.2 Å². The van der Waals surface area contributed by atoms with E-state index in [1.54, 1.807) is 0 Å². The van der Waals surface area contributed by atoms with Gasteiger partial charge in [0.25, 0.3) is 0 Å². The molecule has 1 saturated carbocycles. The molecule has 2 N–H and O–H groups in total. The number of hydrogen-bond acceptors (Lipinski definition) is 3. The highest BCUT2D eigenvalue weighted by molar-refractivity contribution is 5.84. The Labute approximate surface area is 120 Å². The number of aromatic nitrogens is 1. The van der Waals surface area contributed by atoms with E-state index < -0.39 is 0 Å². The Hall–Kier alpha value is -1.61. The second-order valence-electron chi connectivity index (χ2n) is 5.77. The number of para-hydroxylation sites is 1. The quantitative estimate of drug-likeness (QED) is 0.925. The van der Waals surface area contributed by atoms with Crippen LogP contribution in [-0.4, -0.2) is 17.6 Å². The van der Waals surface area contributed by atoms with Gasteiger partial charge in [0.05, 0.1) is 6.61 Å². The molecule has 2 atom stereocenters. The Morgan fingerprint density at radius 3 is 2.95 bits per heavy atom. The first-order valence-corrected chi connectivity index (χ1v) is 7.49. The molecule has 1 aromatic heterocycles. The zero-order valence-electron chi connectivity index (χ0n) is 12.0. The number of nitrogens with two attached hydrogens (primary N) is 1. The van der Waals surface area contributed by atoms with E-state index in [1.165, 1.54) is 19.3 Å². The molecule has 1 aromatic carbocycles. The average Bonchev–Trinajstić information content (AvgIpc) is 2.85. The van der Waals surface area contributed by atoms with Gasteiger partial charge in [-0.15, -0.1) is 0 Å². The first-order chi connectivity index (χ1) is 9.74. The van der Waals surface area contributed by atoms with Crippen molar-refractivity contribution in [1.29, 1.82) is 0 Å². The summed E-state index contributed by atoms with van der Waals surface area (Å²) in [7, 11) is 0. The van der Waals surface area contributed by atoms with Crippen molar-refractivity contribution in [2.75, 3.05) is 6.61 Å². The van der Waals surface area contributed by atoms with Crippen LogP contribution in [0.3, 0.4) is 0 Å². The Balaban J connectivity index is 1.69. The minimum absolute atomic E-state index is 0.367. The molecule has 2 aromatic rings. The van der Waals surface area contributed by atoms with Gasteiger partial charge >= 0.3 is 0 Å². The van der Waals surface area contributed by atoms with Crippen LogP contribution in [0.25, 0.3) is 10.9 Å². The minimum atomic E-state index is 0.367. The van der Waals surface area contributed by atoms with Crippen molar-refractivity contribution in [3.8, 4) is 5.75 Å². The highest BCUT2D eigenvalue weighted by atomic mass is 16.5. The number of hydrogen-bond donors (Lipinski definition) is 1. The van der Waals surface area contributed by atoms with Crippen molar-refractivity contribution in [2.24, 2.45) is 11.7 Å². The van der Waals surface area contributed by atoms with Gasteiger partial charge in [-0.3, -0.25) is 0 Å². The van der Waals surface area contributed by atoms with Crippen LogP contribution in [-0.2, 0) is 0 Å². The van der Waals surface area contributed by atoms with Crippen molar-refractivity contribution in [1.82, 2.24) is 4.98 Å². The fraction of sp³-hybridized carbons (Fsp3) is 0.471. The molecule has 0 spiro atoms. The fourth-order valence-electron chi connectivity index (χ4n) is 3.08. The summed E-state index contributed by atoms with van der Waals surface area (Å²) in [5.41, 5.74) is 8.08. The van der Waals surface area contributed by atoms with Crippen LogP contribution in [0, 0.1) is 12.8 Å². The van der Waals surface area contributed by atoms with E-state index in [0.29, 0.717) is 12.0 Å². The van der Waals surface area contributed by atoms with Gasteiger partial charge in [0, 0.05) is 17.1 Å². The van der Waals surface area contributed by atoms with Crippen LogP contribution in [0.15, 0.2) is 30.3 Å². The Bertz CT molecular complexity index is 597. The van der Waals surface area contributed by atoms with E-state index in [-0.39, 0.29) is 0 Å². The summed E-state index contributed by atoms with van der Waals surface area (Å²) < 4.78 is 5.97. The van der Waals surface area contributed by atoms with Crippen LogP contribution < -0.4 is 10.5 Å². The molecule has 0 aliphatic heterocycles. The van der Waals surface area contributed by atoms with E-state index in [0.717, 1.165) is 35.4 Å². The standard InChI is InChI=1S/C17H22N2O/c1-12-8-9-14-5-3-7-16(17(14)19-12)20-11-10-13-4-2-6-15(13)18/h3,5,7-9,13,15H,2,4,6,10-11,18H2,1H3. The summed E-state index contributed by atoms with van der Waals surface area (Å²) in [5, 5.41) is 1.13. The number of nitrogens with zero attached hydrogens (tertiary/aromatic N) is 1. The number of aryl methyl sites for hydroxylation is 1. The average molecular weight is 270 g/mol. The number of rotatable bonds is 4. The highest BCUT2D eigenvalue weighted by Gasteiger charge is 2.23. The van der Waals surface area contributed by atoms with Gasteiger partial charge in [-0.25, -0.2) is 4.98 Å². The monoisotopic (exact) mass is 270 g/mol. The number of benzene rings is 1. The Kier molecular flexibility index (Phi) is 3.88. The van der Waals surface area contributed by atoms with Gasteiger partial charge < -0.3 is 10.5 Å². The van der Waals surface area contributed by atoms with E-state index in [4.69, 9.17) is 10.5 Å². The molecule has 20 heavy (non-hydrogen) atoms. The molecule has 0 amide bonds. The SMILES string of the molecule is Cc1ccc2cccc(OCCC3CCCC3N)c2n1. The Morgan fingerprint density at radius 1 is 1.25 bits per heavy atom. The van der Waals surface area contributed by atoms with Gasteiger partial charge in [0.1, 0.15) is 11.3 Å². The van der Waals surface area contributed by atoms with Crippen LogP contribution in [0.1, 0.15) is 31.4 Å². The molecule has 2 unspecified atom stereocenters. The summed E-state index contributed by atoms with van der Waals surface area (Å²) in [4.78, 5) is 4.59. The van der Waals surface area contributed by atoms with Gasteiger partial charge in [-0.2, -0.15) is 0 Å². The summed E-state index contributed by atoms with van der Waals surface area (Å²) in [6.07, 6.45) is 4.72. The normalized spacial score (nSPS) is 22.3. The molecule has 1 fully saturated rings.